The first-order valence-electron chi connectivity index (χ1n) is 12.4. The molecular weight excluding hydrogens is 482 g/mol. The summed E-state index contributed by atoms with van der Waals surface area (Å²) in [5.74, 6) is 0.797. The van der Waals surface area contributed by atoms with Crippen LogP contribution >= 0.6 is 11.6 Å². The van der Waals surface area contributed by atoms with E-state index in [1.54, 1.807) is 4.68 Å². The predicted molar refractivity (Wildman–Crippen MR) is 147 cm³/mol. The fourth-order valence-corrected chi connectivity index (χ4v) is 4.98. The second-order valence-corrected chi connectivity index (χ2v) is 9.57. The maximum Gasteiger partial charge on any atom is 0.134 e. The lowest BCUT2D eigenvalue weighted by atomic mass is 10.1. The van der Waals surface area contributed by atoms with Crippen molar-refractivity contribution in [1.82, 2.24) is 24.5 Å². The Labute approximate surface area is 220 Å². The maximum atomic E-state index is 6.16. The zero-order chi connectivity index (χ0) is 25.2. The number of hydrogen-bond acceptors (Lipinski definition) is 4. The lowest BCUT2D eigenvalue weighted by molar-refractivity contribution is 0.301. The third-order valence-corrected chi connectivity index (χ3v) is 6.89. The molecule has 0 N–H and O–H groups in total. The number of aromatic nitrogens is 5. The summed E-state index contributed by atoms with van der Waals surface area (Å²) < 4.78 is 10.3. The summed E-state index contributed by atoms with van der Waals surface area (Å²) in [5, 5.41) is 11.6. The van der Waals surface area contributed by atoms with E-state index in [-0.39, 0.29) is 0 Å². The lowest BCUT2D eigenvalue weighted by Crippen LogP contribution is -2.02. The zero-order valence-corrected chi connectivity index (χ0v) is 21.3. The normalized spacial score (nSPS) is 11.4. The number of benzene rings is 3. The molecule has 0 radical (unpaired) electrons. The van der Waals surface area contributed by atoms with Crippen LogP contribution in [0.25, 0.3) is 27.5 Å². The average molecular weight is 508 g/mol. The van der Waals surface area contributed by atoms with Crippen LogP contribution in [0.3, 0.4) is 0 Å². The number of halogens is 1. The zero-order valence-electron chi connectivity index (χ0n) is 20.5. The first kappa shape index (κ1) is 23.3. The highest BCUT2D eigenvalue weighted by atomic mass is 35.5. The molecule has 0 atom stereocenters. The Morgan fingerprint density at radius 1 is 0.919 bits per heavy atom. The third-order valence-electron chi connectivity index (χ3n) is 6.64. The summed E-state index contributed by atoms with van der Waals surface area (Å²) >= 11 is 5.99. The van der Waals surface area contributed by atoms with Gasteiger partial charge in [0.1, 0.15) is 18.1 Å². The van der Waals surface area contributed by atoms with Gasteiger partial charge in [-0.2, -0.15) is 0 Å². The summed E-state index contributed by atoms with van der Waals surface area (Å²) in [6.07, 6.45) is 5.83. The number of nitrogens with zero attached hydrogens (tertiary/aromatic N) is 5. The van der Waals surface area contributed by atoms with Crippen LogP contribution in [0.2, 0.25) is 5.02 Å². The molecule has 6 aromatic rings. The molecule has 0 spiro atoms. The van der Waals surface area contributed by atoms with E-state index in [1.807, 2.05) is 42.7 Å². The van der Waals surface area contributed by atoms with Crippen LogP contribution in [0.15, 0.2) is 91.3 Å². The minimum Gasteiger partial charge on any atom is -0.487 e. The van der Waals surface area contributed by atoms with Gasteiger partial charge in [0.15, 0.2) is 0 Å². The summed E-state index contributed by atoms with van der Waals surface area (Å²) in [6, 6.07) is 26.5. The summed E-state index contributed by atoms with van der Waals surface area (Å²) in [4.78, 5) is 4.58. The van der Waals surface area contributed by atoms with Gasteiger partial charge < -0.3 is 9.30 Å². The Balaban J connectivity index is 1.25. The van der Waals surface area contributed by atoms with Gasteiger partial charge in [-0.1, -0.05) is 47.1 Å². The van der Waals surface area contributed by atoms with Crippen molar-refractivity contribution in [2.24, 2.45) is 0 Å². The van der Waals surface area contributed by atoms with E-state index in [2.05, 4.69) is 75.3 Å². The second-order valence-electron chi connectivity index (χ2n) is 9.13. The molecular formula is C30H26ClN5O. The van der Waals surface area contributed by atoms with Gasteiger partial charge in [0.25, 0.3) is 0 Å². The van der Waals surface area contributed by atoms with Crippen molar-refractivity contribution in [3.8, 4) is 11.4 Å². The predicted octanol–water partition coefficient (Wildman–Crippen LogP) is 6.94. The Hall–Kier alpha value is -4.16. The molecule has 6 rings (SSSR count). The van der Waals surface area contributed by atoms with E-state index < -0.39 is 0 Å². The van der Waals surface area contributed by atoms with Crippen LogP contribution in [0.1, 0.15) is 23.4 Å². The summed E-state index contributed by atoms with van der Waals surface area (Å²) in [7, 11) is 0. The van der Waals surface area contributed by atoms with Crippen LogP contribution in [0, 0.1) is 6.92 Å². The van der Waals surface area contributed by atoms with Gasteiger partial charge in [-0.25, -0.2) is 4.68 Å². The van der Waals surface area contributed by atoms with Crippen molar-refractivity contribution in [2.75, 3.05) is 0 Å². The molecule has 0 aliphatic carbocycles. The quantitative estimate of drug-likeness (QED) is 0.224. The van der Waals surface area contributed by atoms with Crippen molar-refractivity contribution in [1.29, 1.82) is 0 Å². The number of hydrogen-bond donors (Lipinski definition) is 0. The molecule has 184 valence electrons. The van der Waals surface area contributed by atoms with E-state index in [9.17, 15) is 0 Å². The molecule has 0 unspecified atom stereocenters. The minimum atomic E-state index is 0.327. The van der Waals surface area contributed by atoms with Crippen LogP contribution in [-0.4, -0.2) is 24.5 Å². The SMILES string of the molecule is Cc1nccc2c3ccc(OCc4cn(-c5ccc(Cl)cc5)nn4)cc3n(CCCc3ccccc3)c12. The number of rotatable bonds is 8. The fourth-order valence-electron chi connectivity index (χ4n) is 4.85. The van der Waals surface area contributed by atoms with Gasteiger partial charge >= 0.3 is 0 Å². The Morgan fingerprint density at radius 3 is 2.59 bits per heavy atom. The fraction of sp³-hybridized carbons (Fsp3) is 0.167. The Morgan fingerprint density at radius 2 is 1.76 bits per heavy atom. The minimum absolute atomic E-state index is 0.327. The topological polar surface area (TPSA) is 57.8 Å². The molecule has 3 heterocycles. The highest BCUT2D eigenvalue weighted by Gasteiger charge is 2.14. The monoisotopic (exact) mass is 507 g/mol. The van der Waals surface area contributed by atoms with Gasteiger partial charge in [0.05, 0.1) is 28.6 Å². The van der Waals surface area contributed by atoms with Crippen LogP contribution in [0.4, 0.5) is 0 Å². The molecule has 0 fully saturated rings. The van der Waals surface area contributed by atoms with E-state index in [0.717, 1.165) is 47.7 Å². The summed E-state index contributed by atoms with van der Waals surface area (Å²) in [6.45, 7) is 3.31. The number of fused-ring (bicyclic) bond motifs is 3. The molecule has 0 saturated heterocycles. The van der Waals surface area contributed by atoms with E-state index >= 15 is 0 Å². The Bertz CT molecular complexity index is 1670. The lowest BCUT2D eigenvalue weighted by Gasteiger charge is -2.10. The van der Waals surface area contributed by atoms with Crippen molar-refractivity contribution in [2.45, 2.75) is 32.9 Å². The van der Waals surface area contributed by atoms with E-state index in [0.29, 0.717) is 11.6 Å². The third kappa shape index (κ3) is 4.80. The number of pyridine rings is 1. The molecule has 0 amide bonds. The van der Waals surface area contributed by atoms with Crippen molar-refractivity contribution in [3.05, 3.63) is 113 Å². The van der Waals surface area contributed by atoms with Crippen LogP contribution in [-0.2, 0) is 19.6 Å². The number of ether oxygens (including phenoxy) is 1. The largest absolute Gasteiger partial charge is 0.487 e. The molecule has 0 aliphatic heterocycles. The molecule has 0 aliphatic rings. The molecule has 0 bridgehead atoms. The smallest absolute Gasteiger partial charge is 0.134 e. The Kier molecular flexibility index (Phi) is 6.33. The van der Waals surface area contributed by atoms with Gasteiger partial charge in [-0.3, -0.25) is 4.98 Å². The number of aryl methyl sites for hydroxylation is 3. The first-order chi connectivity index (χ1) is 18.2. The van der Waals surface area contributed by atoms with Crippen molar-refractivity contribution < 1.29 is 4.74 Å². The second kappa shape index (κ2) is 10.1. The van der Waals surface area contributed by atoms with E-state index in [1.165, 1.54) is 21.9 Å². The van der Waals surface area contributed by atoms with Gasteiger partial charge in [-0.05, 0) is 67.8 Å². The van der Waals surface area contributed by atoms with Crippen molar-refractivity contribution in [3.63, 3.8) is 0 Å². The molecule has 6 nitrogen and oxygen atoms in total. The molecule has 37 heavy (non-hydrogen) atoms. The molecule has 7 heteroatoms. The molecule has 3 aromatic carbocycles. The van der Waals surface area contributed by atoms with Gasteiger partial charge in [0.2, 0.25) is 0 Å². The van der Waals surface area contributed by atoms with Crippen LogP contribution < -0.4 is 4.74 Å². The van der Waals surface area contributed by atoms with Gasteiger partial charge in [-0.15, -0.1) is 5.10 Å². The standard InChI is InChI=1S/C30H26ClN5O/c1-21-30-28(15-16-32-21)27-14-13-26(18-29(27)35(30)17-5-8-22-6-3-2-4-7-22)37-20-24-19-36(34-33-24)25-11-9-23(31)10-12-25/h2-4,6-7,9-16,18-19H,5,8,17,20H2,1H3. The maximum absolute atomic E-state index is 6.16. The highest BCUT2D eigenvalue weighted by Crippen LogP contribution is 2.33. The molecule has 3 aromatic heterocycles. The highest BCUT2D eigenvalue weighted by molar-refractivity contribution is 6.30. The summed E-state index contributed by atoms with van der Waals surface area (Å²) in [5.41, 5.74) is 6.38. The first-order valence-corrected chi connectivity index (χ1v) is 12.7. The average Bonchev–Trinajstić information content (AvgIpc) is 3.52. The van der Waals surface area contributed by atoms with Crippen LogP contribution in [0.5, 0.6) is 5.75 Å². The van der Waals surface area contributed by atoms with E-state index in [4.69, 9.17) is 16.3 Å². The van der Waals surface area contributed by atoms with Gasteiger partial charge in [0, 0.05) is 34.6 Å². The molecule has 0 saturated carbocycles. The van der Waals surface area contributed by atoms with Crippen molar-refractivity contribution >= 4 is 33.4 Å².